The number of carbonyl (C=O) groups is 1. The van der Waals surface area contributed by atoms with Gasteiger partial charge in [-0.25, -0.2) is 12.8 Å². The Balaban J connectivity index is 1.80. The van der Waals surface area contributed by atoms with Crippen LogP contribution >= 0.6 is 0 Å². The van der Waals surface area contributed by atoms with E-state index in [4.69, 9.17) is 4.42 Å². The third-order valence-electron chi connectivity index (χ3n) is 4.66. The van der Waals surface area contributed by atoms with Gasteiger partial charge in [-0.2, -0.15) is 4.31 Å². The van der Waals surface area contributed by atoms with Gasteiger partial charge in [-0.3, -0.25) is 4.79 Å². The van der Waals surface area contributed by atoms with Crippen molar-refractivity contribution in [1.82, 2.24) is 9.21 Å². The predicted molar refractivity (Wildman–Crippen MR) is 103 cm³/mol. The molecule has 0 atom stereocenters. The summed E-state index contributed by atoms with van der Waals surface area (Å²) in [7, 11) is -3.76. The molecule has 28 heavy (non-hydrogen) atoms. The summed E-state index contributed by atoms with van der Waals surface area (Å²) in [5.74, 6) is -1.05. The molecule has 1 aromatic heterocycles. The van der Waals surface area contributed by atoms with Gasteiger partial charge >= 0.3 is 0 Å². The van der Waals surface area contributed by atoms with E-state index in [2.05, 4.69) is 6.58 Å². The van der Waals surface area contributed by atoms with Gasteiger partial charge < -0.3 is 9.32 Å². The molecule has 8 heteroatoms. The molecule has 0 bridgehead atoms. The molecule has 2 aromatic rings. The number of halogens is 1. The Hall–Kier alpha value is -2.45. The number of benzene rings is 1. The maximum atomic E-state index is 14.0. The summed E-state index contributed by atoms with van der Waals surface area (Å²) in [5, 5.41) is -0.248. The number of amides is 1. The number of nitrogens with zero attached hydrogens (tertiary/aromatic N) is 2. The molecule has 0 spiro atoms. The molecule has 1 saturated heterocycles. The van der Waals surface area contributed by atoms with E-state index < -0.39 is 21.7 Å². The lowest BCUT2D eigenvalue weighted by Crippen LogP contribution is -2.35. The van der Waals surface area contributed by atoms with Crippen LogP contribution in [-0.4, -0.2) is 43.2 Å². The number of carbonyl (C=O) groups excluding carboxylic acids is 1. The maximum absolute atomic E-state index is 14.0. The lowest BCUT2D eigenvalue weighted by molar-refractivity contribution is 0.0723. The van der Waals surface area contributed by atoms with Crippen molar-refractivity contribution in [3.05, 3.63) is 66.2 Å². The van der Waals surface area contributed by atoms with Crippen LogP contribution in [0.1, 0.15) is 35.4 Å². The molecule has 2 heterocycles. The van der Waals surface area contributed by atoms with E-state index in [1.807, 2.05) is 0 Å². The van der Waals surface area contributed by atoms with E-state index >= 15 is 0 Å². The minimum Gasteiger partial charge on any atom is -0.438 e. The van der Waals surface area contributed by atoms with Crippen LogP contribution in [0.3, 0.4) is 0 Å². The van der Waals surface area contributed by atoms with Crippen LogP contribution in [-0.2, 0) is 16.6 Å². The molecule has 0 unspecified atom stereocenters. The summed E-state index contributed by atoms with van der Waals surface area (Å²) >= 11 is 0. The van der Waals surface area contributed by atoms with Crippen LogP contribution < -0.4 is 0 Å². The standard InChI is InChI=1S/C20H23FN2O4S/c1-2-12-22(15-16-8-4-5-9-17(16)21)20(24)18-10-11-19(27-18)28(25,26)23-13-6-3-7-14-23/h2,4-5,8-11H,1,3,6-7,12-15H2. The van der Waals surface area contributed by atoms with E-state index in [1.165, 1.54) is 33.5 Å². The van der Waals surface area contributed by atoms with Crippen LogP contribution in [0.2, 0.25) is 0 Å². The zero-order valence-corrected chi connectivity index (χ0v) is 16.3. The normalized spacial score (nSPS) is 15.3. The molecule has 0 radical (unpaired) electrons. The number of piperidine rings is 1. The maximum Gasteiger partial charge on any atom is 0.290 e. The van der Waals surface area contributed by atoms with Gasteiger partial charge in [0.05, 0.1) is 0 Å². The van der Waals surface area contributed by atoms with Crippen LogP contribution in [0, 0.1) is 5.82 Å². The lowest BCUT2D eigenvalue weighted by Gasteiger charge is -2.24. The second-order valence-electron chi connectivity index (χ2n) is 6.65. The first-order valence-corrected chi connectivity index (χ1v) is 10.6. The molecule has 0 N–H and O–H groups in total. The largest absolute Gasteiger partial charge is 0.438 e. The molecule has 6 nitrogen and oxygen atoms in total. The Morgan fingerprint density at radius 2 is 1.89 bits per heavy atom. The Bertz CT molecular complexity index is 949. The third kappa shape index (κ3) is 4.34. The smallest absolute Gasteiger partial charge is 0.290 e. The number of furan rings is 1. The topological polar surface area (TPSA) is 70.8 Å². The van der Waals surface area contributed by atoms with Crippen molar-refractivity contribution >= 4 is 15.9 Å². The van der Waals surface area contributed by atoms with E-state index in [1.54, 1.807) is 18.2 Å². The van der Waals surface area contributed by atoms with E-state index in [9.17, 15) is 17.6 Å². The second-order valence-corrected chi connectivity index (χ2v) is 8.52. The van der Waals surface area contributed by atoms with Gasteiger partial charge in [-0.1, -0.05) is 30.7 Å². The first kappa shape index (κ1) is 20.3. The zero-order valence-electron chi connectivity index (χ0n) is 15.5. The van der Waals surface area contributed by atoms with Crippen molar-refractivity contribution in [1.29, 1.82) is 0 Å². The molecular weight excluding hydrogens is 383 g/mol. The Morgan fingerprint density at radius 1 is 1.18 bits per heavy atom. The van der Waals surface area contributed by atoms with Gasteiger partial charge in [0.1, 0.15) is 5.82 Å². The zero-order chi connectivity index (χ0) is 20.1. The van der Waals surface area contributed by atoms with Gasteiger partial charge in [-0.15, -0.1) is 6.58 Å². The van der Waals surface area contributed by atoms with Crippen molar-refractivity contribution in [3.8, 4) is 0 Å². The van der Waals surface area contributed by atoms with Crippen molar-refractivity contribution < 1.29 is 22.0 Å². The van der Waals surface area contributed by atoms with Crippen LogP contribution in [0.15, 0.2) is 58.6 Å². The predicted octanol–water partition coefficient (Wildman–Crippen LogP) is 3.42. The van der Waals surface area contributed by atoms with Crippen molar-refractivity contribution in [2.24, 2.45) is 0 Å². The Labute approximate surface area is 164 Å². The van der Waals surface area contributed by atoms with E-state index in [-0.39, 0.29) is 23.9 Å². The molecule has 0 aliphatic carbocycles. The fourth-order valence-electron chi connectivity index (χ4n) is 3.17. The average molecular weight is 406 g/mol. The quantitative estimate of drug-likeness (QED) is 0.661. The van der Waals surface area contributed by atoms with Gasteiger partial charge in [0.15, 0.2) is 5.76 Å². The highest BCUT2D eigenvalue weighted by molar-refractivity contribution is 7.89. The molecule has 1 aliphatic heterocycles. The van der Waals surface area contributed by atoms with Crippen molar-refractivity contribution in [2.45, 2.75) is 30.9 Å². The fraction of sp³-hybridized carbons (Fsp3) is 0.350. The summed E-state index contributed by atoms with van der Waals surface area (Å²) in [4.78, 5) is 14.2. The second kappa shape index (κ2) is 8.70. The number of hydrogen-bond donors (Lipinski definition) is 0. The van der Waals surface area contributed by atoms with Gasteiger partial charge in [-0.05, 0) is 31.0 Å². The van der Waals surface area contributed by atoms with Gasteiger partial charge in [0.2, 0.25) is 5.09 Å². The summed E-state index contributed by atoms with van der Waals surface area (Å²) in [5.41, 5.74) is 0.352. The molecule has 150 valence electrons. The highest BCUT2D eigenvalue weighted by atomic mass is 32.2. The number of sulfonamides is 1. The fourth-order valence-corrected chi connectivity index (χ4v) is 4.60. The highest BCUT2D eigenvalue weighted by Crippen LogP contribution is 2.23. The molecule has 1 aromatic carbocycles. The molecule has 1 amide bonds. The molecule has 3 rings (SSSR count). The summed E-state index contributed by atoms with van der Waals surface area (Å²) in [6, 6.07) is 8.81. The minimum absolute atomic E-state index is 0.0203. The Kier molecular flexibility index (Phi) is 6.31. The summed E-state index contributed by atoms with van der Waals surface area (Å²) in [6.45, 7) is 4.71. The monoisotopic (exact) mass is 406 g/mol. The van der Waals surface area contributed by atoms with Crippen LogP contribution in [0.25, 0.3) is 0 Å². The van der Waals surface area contributed by atoms with E-state index in [0.717, 1.165) is 19.3 Å². The molecule has 1 aliphatic rings. The average Bonchev–Trinajstić information content (AvgIpc) is 3.20. The van der Waals surface area contributed by atoms with Crippen molar-refractivity contribution in [3.63, 3.8) is 0 Å². The molecule has 0 saturated carbocycles. The highest BCUT2D eigenvalue weighted by Gasteiger charge is 2.30. The summed E-state index contributed by atoms with van der Waals surface area (Å²) < 4.78 is 46.1. The number of hydrogen-bond acceptors (Lipinski definition) is 4. The summed E-state index contributed by atoms with van der Waals surface area (Å²) in [6.07, 6.45) is 4.14. The van der Waals surface area contributed by atoms with Crippen LogP contribution in [0.5, 0.6) is 0 Å². The van der Waals surface area contributed by atoms with Crippen LogP contribution in [0.4, 0.5) is 4.39 Å². The first-order chi connectivity index (χ1) is 13.4. The molecular formula is C20H23FN2O4S. The van der Waals surface area contributed by atoms with Gasteiger partial charge in [0.25, 0.3) is 15.9 Å². The minimum atomic E-state index is -3.76. The third-order valence-corrected chi connectivity index (χ3v) is 6.43. The molecule has 1 fully saturated rings. The van der Waals surface area contributed by atoms with Crippen molar-refractivity contribution in [2.75, 3.05) is 19.6 Å². The number of rotatable bonds is 7. The van der Waals surface area contributed by atoms with Gasteiger partial charge in [0, 0.05) is 31.7 Å². The first-order valence-electron chi connectivity index (χ1n) is 9.17. The Morgan fingerprint density at radius 3 is 2.57 bits per heavy atom. The SMILES string of the molecule is C=CCN(Cc1ccccc1F)C(=O)c1ccc(S(=O)(=O)N2CCCCC2)o1. The van der Waals surface area contributed by atoms with E-state index in [0.29, 0.717) is 18.7 Å². The lowest BCUT2D eigenvalue weighted by atomic mass is 10.2.